The molecule has 0 saturated heterocycles. The smallest absolute Gasteiger partial charge is 0.232 e. The fourth-order valence-corrected chi connectivity index (χ4v) is 1.69. The number of hydrogen-bond acceptors (Lipinski definition) is 6. The molecule has 0 bridgehead atoms. The normalized spacial score (nSPS) is 12.1. The summed E-state index contributed by atoms with van der Waals surface area (Å²) in [6, 6.07) is 0. The van der Waals surface area contributed by atoms with Gasteiger partial charge in [0, 0.05) is 5.92 Å². The first-order valence-corrected chi connectivity index (χ1v) is 6.70. The largest absolute Gasteiger partial charge is 0.477 e. The Balaban J connectivity index is 1.81. The molecule has 2 rings (SSSR count). The summed E-state index contributed by atoms with van der Waals surface area (Å²) in [7, 11) is 0. The first-order chi connectivity index (χ1) is 9.69. The van der Waals surface area contributed by atoms with Crippen LogP contribution in [0, 0.1) is 0 Å². The molecule has 6 heteroatoms. The summed E-state index contributed by atoms with van der Waals surface area (Å²) in [5, 5.41) is 0. The number of aromatic nitrogens is 4. The number of ether oxygens (including phenoxy) is 1. The highest BCUT2D eigenvalue weighted by atomic mass is 16.5. The van der Waals surface area contributed by atoms with E-state index in [2.05, 4.69) is 26.9 Å². The van der Waals surface area contributed by atoms with E-state index < -0.39 is 0 Å². The van der Waals surface area contributed by atoms with Crippen LogP contribution in [0.4, 0.5) is 5.82 Å². The van der Waals surface area contributed by atoms with Crippen LogP contribution >= 0.6 is 0 Å². The molecule has 2 heterocycles. The van der Waals surface area contributed by atoms with Gasteiger partial charge in [-0.3, -0.25) is 9.97 Å². The lowest BCUT2D eigenvalue weighted by Gasteiger charge is -2.11. The summed E-state index contributed by atoms with van der Waals surface area (Å²) >= 11 is 0. The summed E-state index contributed by atoms with van der Waals surface area (Å²) in [5.41, 5.74) is 7.39. The van der Waals surface area contributed by atoms with E-state index in [-0.39, 0.29) is 5.92 Å². The van der Waals surface area contributed by atoms with Crippen molar-refractivity contribution >= 4 is 5.82 Å². The van der Waals surface area contributed by atoms with Crippen LogP contribution in [0.25, 0.3) is 0 Å². The molecule has 20 heavy (non-hydrogen) atoms. The predicted octanol–water partition coefficient (Wildman–Crippen LogP) is 1.98. The zero-order chi connectivity index (χ0) is 14.4. The maximum Gasteiger partial charge on any atom is 0.232 e. The molecule has 0 radical (unpaired) electrons. The Bertz CT molecular complexity index is 526. The van der Waals surface area contributed by atoms with Gasteiger partial charge in [0.1, 0.15) is 5.82 Å². The molecule has 1 unspecified atom stereocenters. The Kier molecular flexibility index (Phi) is 4.81. The molecule has 0 aliphatic heterocycles. The molecule has 0 aliphatic rings. The highest BCUT2D eigenvalue weighted by Gasteiger charge is 2.08. The SMILES string of the molecule is CCc1cnc(OCCC(C)c2cnc(N)cn2)cn1. The van der Waals surface area contributed by atoms with Crippen molar-refractivity contribution in [3.05, 3.63) is 36.2 Å². The highest BCUT2D eigenvalue weighted by molar-refractivity contribution is 5.23. The first kappa shape index (κ1) is 14.2. The molecule has 6 nitrogen and oxygen atoms in total. The molecule has 0 amide bonds. The van der Waals surface area contributed by atoms with Crippen molar-refractivity contribution in [2.75, 3.05) is 12.3 Å². The van der Waals surface area contributed by atoms with Crippen molar-refractivity contribution in [2.24, 2.45) is 0 Å². The zero-order valence-corrected chi connectivity index (χ0v) is 11.8. The van der Waals surface area contributed by atoms with Crippen molar-refractivity contribution in [1.82, 2.24) is 19.9 Å². The van der Waals surface area contributed by atoms with Crippen molar-refractivity contribution in [3.63, 3.8) is 0 Å². The second-order valence-corrected chi connectivity index (χ2v) is 4.60. The van der Waals surface area contributed by atoms with Gasteiger partial charge in [-0.05, 0) is 12.8 Å². The van der Waals surface area contributed by atoms with E-state index in [0.717, 1.165) is 24.2 Å². The summed E-state index contributed by atoms with van der Waals surface area (Å²) in [5.74, 6) is 1.24. The maximum absolute atomic E-state index is 5.57. The van der Waals surface area contributed by atoms with Crippen LogP contribution in [0.1, 0.15) is 37.6 Å². The molecule has 2 aromatic heterocycles. The van der Waals surface area contributed by atoms with E-state index in [9.17, 15) is 0 Å². The van der Waals surface area contributed by atoms with Crippen molar-refractivity contribution in [2.45, 2.75) is 32.6 Å². The Morgan fingerprint density at radius 1 is 1.10 bits per heavy atom. The summed E-state index contributed by atoms with van der Waals surface area (Å²) in [4.78, 5) is 16.7. The minimum atomic E-state index is 0.256. The van der Waals surface area contributed by atoms with Gasteiger partial charge in [0.05, 0.1) is 42.8 Å². The minimum absolute atomic E-state index is 0.256. The quantitative estimate of drug-likeness (QED) is 0.866. The van der Waals surface area contributed by atoms with Gasteiger partial charge in [0.25, 0.3) is 0 Å². The number of anilines is 1. The van der Waals surface area contributed by atoms with E-state index in [1.54, 1.807) is 24.8 Å². The number of nitrogens with two attached hydrogens (primary N) is 1. The number of nitrogen functional groups attached to an aromatic ring is 1. The molecule has 0 spiro atoms. The van der Waals surface area contributed by atoms with Crippen LogP contribution in [0.3, 0.4) is 0 Å². The summed E-state index contributed by atoms with van der Waals surface area (Å²) < 4.78 is 5.57. The lowest BCUT2D eigenvalue weighted by molar-refractivity contribution is 0.287. The van der Waals surface area contributed by atoms with Crippen LogP contribution in [0.15, 0.2) is 24.8 Å². The van der Waals surface area contributed by atoms with Crippen LogP contribution in [0.2, 0.25) is 0 Å². The minimum Gasteiger partial charge on any atom is -0.477 e. The van der Waals surface area contributed by atoms with E-state index in [1.165, 1.54) is 0 Å². The third-order valence-corrected chi connectivity index (χ3v) is 3.04. The first-order valence-electron chi connectivity index (χ1n) is 6.70. The van der Waals surface area contributed by atoms with Crippen molar-refractivity contribution < 1.29 is 4.74 Å². The fraction of sp³-hybridized carbons (Fsp3) is 0.429. The van der Waals surface area contributed by atoms with Gasteiger partial charge in [-0.25, -0.2) is 9.97 Å². The Morgan fingerprint density at radius 2 is 1.95 bits per heavy atom. The maximum atomic E-state index is 5.57. The van der Waals surface area contributed by atoms with Crippen LogP contribution < -0.4 is 10.5 Å². The van der Waals surface area contributed by atoms with Gasteiger partial charge in [-0.2, -0.15) is 0 Å². The molecule has 0 fully saturated rings. The van der Waals surface area contributed by atoms with E-state index in [0.29, 0.717) is 18.3 Å². The molecule has 0 aromatic carbocycles. The molecular formula is C14H19N5O. The standard InChI is InChI=1S/C14H19N5O/c1-3-11-6-19-14(9-16-11)20-5-4-10(2)12-7-18-13(15)8-17-12/h6-10H,3-5H2,1-2H3,(H2,15,18). The molecule has 2 aromatic rings. The average molecular weight is 273 g/mol. The molecular weight excluding hydrogens is 254 g/mol. The van der Waals surface area contributed by atoms with Gasteiger partial charge in [-0.1, -0.05) is 13.8 Å². The molecule has 2 N–H and O–H groups in total. The summed E-state index contributed by atoms with van der Waals surface area (Å²) in [6.45, 7) is 4.68. The third kappa shape index (κ3) is 3.88. The average Bonchev–Trinajstić information content (AvgIpc) is 2.48. The number of rotatable bonds is 6. The molecule has 106 valence electrons. The van der Waals surface area contributed by atoms with Gasteiger partial charge < -0.3 is 10.5 Å². The third-order valence-electron chi connectivity index (χ3n) is 3.04. The van der Waals surface area contributed by atoms with Gasteiger partial charge in [-0.15, -0.1) is 0 Å². The second-order valence-electron chi connectivity index (χ2n) is 4.60. The number of aryl methyl sites for hydroxylation is 1. The van der Waals surface area contributed by atoms with E-state index in [1.807, 2.05) is 6.92 Å². The van der Waals surface area contributed by atoms with Crippen LogP contribution in [0.5, 0.6) is 5.88 Å². The van der Waals surface area contributed by atoms with E-state index >= 15 is 0 Å². The second kappa shape index (κ2) is 6.79. The summed E-state index contributed by atoms with van der Waals surface area (Å²) in [6.07, 6.45) is 8.38. The Morgan fingerprint density at radius 3 is 2.55 bits per heavy atom. The highest BCUT2D eigenvalue weighted by Crippen LogP contribution is 2.16. The van der Waals surface area contributed by atoms with E-state index in [4.69, 9.17) is 10.5 Å². The van der Waals surface area contributed by atoms with Crippen LogP contribution in [-0.2, 0) is 6.42 Å². The van der Waals surface area contributed by atoms with Gasteiger partial charge in [0.2, 0.25) is 5.88 Å². The molecule has 0 saturated carbocycles. The van der Waals surface area contributed by atoms with Crippen molar-refractivity contribution in [3.8, 4) is 5.88 Å². The van der Waals surface area contributed by atoms with Gasteiger partial charge in [0.15, 0.2) is 0 Å². The number of hydrogen-bond donors (Lipinski definition) is 1. The van der Waals surface area contributed by atoms with Gasteiger partial charge >= 0.3 is 0 Å². The lowest BCUT2D eigenvalue weighted by Crippen LogP contribution is -2.06. The zero-order valence-electron chi connectivity index (χ0n) is 11.8. The Hall–Kier alpha value is -2.24. The monoisotopic (exact) mass is 273 g/mol. The predicted molar refractivity (Wildman–Crippen MR) is 76.4 cm³/mol. The van der Waals surface area contributed by atoms with Crippen molar-refractivity contribution in [1.29, 1.82) is 0 Å². The van der Waals surface area contributed by atoms with Crippen LogP contribution in [-0.4, -0.2) is 26.5 Å². The number of nitrogens with zero attached hydrogens (tertiary/aromatic N) is 4. The Labute approximate surface area is 118 Å². The molecule has 1 atom stereocenters. The topological polar surface area (TPSA) is 86.8 Å². The molecule has 0 aliphatic carbocycles. The lowest BCUT2D eigenvalue weighted by atomic mass is 10.1. The fourth-order valence-electron chi connectivity index (χ4n) is 1.69.